The number of hydrogen-bond donors (Lipinski definition) is 13. The molecule has 6 saturated heterocycles. The predicted molar refractivity (Wildman–Crippen MR) is 201 cm³/mol. The van der Waals surface area contributed by atoms with Crippen molar-refractivity contribution in [2.24, 2.45) is 5.92 Å². The van der Waals surface area contributed by atoms with Crippen LogP contribution >= 0.6 is 0 Å². The minimum Gasteiger partial charge on any atom is -0.394 e. The molecular formula is C38H64O26. The minimum absolute atomic E-state index is 0.289. The molecule has 26 atom stereocenters. The van der Waals surface area contributed by atoms with Crippen LogP contribution in [0.5, 0.6) is 0 Å². The van der Waals surface area contributed by atoms with Crippen molar-refractivity contribution in [2.45, 2.75) is 186 Å². The molecule has 6 fully saturated rings. The zero-order chi connectivity index (χ0) is 46.9. The molecule has 16 unspecified atom stereocenters. The normalized spacial score (nSPS) is 51.4. The lowest BCUT2D eigenvalue weighted by atomic mass is 9.81. The number of fused-ring (bicyclic) bond motifs is 1. The molecule has 6 heterocycles. The van der Waals surface area contributed by atoms with Crippen LogP contribution in [0.1, 0.15) is 27.2 Å². The van der Waals surface area contributed by atoms with Gasteiger partial charge in [-0.25, -0.2) is 0 Å². The maximum atomic E-state index is 11.6. The lowest BCUT2D eigenvalue weighted by molar-refractivity contribution is -0.394. The van der Waals surface area contributed by atoms with Gasteiger partial charge in [-0.15, -0.1) is 0 Å². The van der Waals surface area contributed by atoms with Gasteiger partial charge in [-0.05, 0) is 27.2 Å². The van der Waals surface area contributed by atoms with Gasteiger partial charge < -0.3 is 123 Å². The SMILES string of the molecule is CO[C@H]1OC(CO[C@@H]2OC(CO[C@@H]3OC(CO)[C@H](O)C(O[C@@H]4OC5COC(C)(C=O)O[C@@H]5C(O)C4O)C3O)[C@@H](C[C@@H]3OC(CO)[C@@H](OC(C)C)C(O)C3O)C(O)C2O)[C@@H](O)C(O)C1O. The molecule has 26 nitrogen and oxygen atoms in total. The Kier molecular flexibility index (Phi) is 17.9. The van der Waals surface area contributed by atoms with E-state index in [1.54, 1.807) is 13.8 Å². The van der Waals surface area contributed by atoms with Gasteiger partial charge >= 0.3 is 0 Å². The quantitative estimate of drug-likeness (QED) is 0.0639. The smallest absolute Gasteiger partial charge is 0.223 e. The fraction of sp³-hybridized carbons (Fsp3) is 0.974. The first-order valence-electron chi connectivity index (χ1n) is 21.1. The molecule has 0 bridgehead atoms. The van der Waals surface area contributed by atoms with Crippen LogP contribution in [0.4, 0.5) is 0 Å². The molecule has 6 rings (SSSR count). The Hall–Kier alpha value is -1.33. The van der Waals surface area contributed by atoms with Crippen LogP contribution in [0.2, 0.25) is 0 Å². The van der Waals surface area contributed by atoms with Gasteiger partial charge in [0, 0.05) is 13.0 Å². The van der Waals surface area contributed by atoms with Crippen molar-refractivity contribution in [3.8, 4) is 0 Å². The molecular weight excluding hydrogens is 872 g/mol. The van der Waals surface area contributed by atoms with Crippen LogP contribution < -0.4 is 0 Å². The Balaban J connectivity index is 1.19. The zero-order valence-corrected chi connectivity index (χ0v) is 35.5. The van der Waals surface area contributed by atoms with E-state index in [-0.39, 0.29) is 13.0 Å². The van der Waals surface area contributed by atoms with E-state index in [2.05, 4.69) is 0 Å². The number of rotatable bonds is 16. The average molecular weight is 937 g/mol. The van der Waals surface area contributed by atoms with Crippen molar-refractivity contribution in [1.29, 1.82) is 0 Å². The Morgan fingerprint density at radius 2 is 1.17 bits per heavy atom. The first kappa shape index (κ1) is 52.0. The minimum atomic E-state index is -1.95. The summed E-state index contributed by atoms with van der Waals surface area (Å²) in [4.78, 5) is 11.5. The lowest BCUT2D eigenvalue weighted by Gasteiger charge is -2.50. The van der Waals surface area contributed by atoms with Crippen LogP contribution in [0.15, 0.2) is 0 Å². The molecule has 64 heavy (non-hydrogen) atoms. The van der Waals surface area contributed by atoms with E-state index >= 15 is 0 Å². The number of carbonyl (C=O) groups excluding carboxylic acids is 1. The summed E-state index contributed by atoms with van der Waals surface area (Å²) < 4.78 is 68.1. The van der Waals surface area contributed by atoms with E-state index in [4.69, 9.17) is 56.8 Å². The van der Waals surface area contributed by atoms with Gasteiger partial charge in [0.1, 0.15) is 104 Å². The number of aliphatic hydroxyl groups excluding tert-OH is 13. The van der Waals surface area contributed by atoms with Crippen LogP contribution in [0, 0.1) is 5.92 Å². The standard InChI is InChI=1S/C38H64O26/c1-12(2)57-31-16(7-40)58-14(21(43)25(31)47)5-13-17(60-35(27(49)20(13)42)55-9-18-22(44)24(46)28(50)34(53-4)61-18)8-54-36-30(52)33(23(45)15(6-39)59-36)63-37-29(51)26(48)32-19(62-37)10-56-38(3,11-41)64-32/h11-37,39-40,42-52H,5-10H2,1-4H3/t13-,14+,15?,16?,17?,18?,19?,20?,21?,22-,23+,24?,25?,26?,27?,28?,29?,30?,31-,32+,33?,34+,35-,36-,37+,38?/m1/s1. The summed E-state index contributed by atoms with van der Waals surface area (Å²) in [5.74, 6) is -3.01. The Morgan fingerprint density at radius 3 is 1.80 bits per heavy atom. The maximum Gasteiger partial charge on any atom is 0.223 e. The predicted octanol–water partition coefficient (Wildman–Crippen LogP) is -8.20. The molecule has 0 aromatic heterocycles. The highest BCUT2D eigenvalue weighted by Crippen LogP contribution is 2.38. The molecule has 0 spiro atoms. The summed E-state index contributed by atoms with van der Waals surface area (Å²) in [5, 5.41) is 141. The summed E-state index contributed by atoms with van der Waals surface area (Å²) >= 11 is 0. The van der Waals surface area contributed by atoms with Gasteiger partial charge in [0.2, 0.25) is 5.79 Å². The molecule has 0 aromatic rings. The molecule has 0 aliphatic carbocycles. The number of carbonyl (C=O) groups is 1. The van der Waals surface area contributed by atoms with Crippen molar-refractivity contribution in [2.75, 3.05) is 40.1 Å². The summed E-state index contributed by atoms with van der Waals surface area (Å²) in [6, 6.07) is 0. The average Bonchev–Trinajstić information content (AvgIpc) is 3.27. The Labute approximate surface area is 366 Å². The molecule has 26 heteroatoms. The molecule has 6 aliphatic heterocycles. The highest BCUT2D eigenvalue weighted by Gasteiger charge is 2.56. The second-order valence-corrected chi connectivity index (χ2v) is 17.2. The molecule has 6 aliphatic rings. The van der Waals surface area contributed by atoms with Crippen LogP contribution in [0.25, 0.3) is 0 Å². The fourth-order valence-electron chi connectivity index (χ4n) is 8.74. The number of ether oxygens (including phenoxy) is 12. The summed E-state index contributed by atoms with van der Waals surface area (Å²) in [6.45, 7) is 1.58. The summed E-state index contributed by atoms with van der Waals surface area (Å²) in [7, 11) is 1.18. The van der Waals surface area contributed by atoms with Gasteiger partial charge in [0.25, 0.3) is 0 Å². The zero-order valence-electron chi connectivity index (χ0n) is 35.5. The first-order valence-corrected chi connectivity index (χ1v) is 21.1. The third kappa shape index (κ3) is 10.9. The molecule has 0 radical (unpaired) electrons. The van der Waals surface area contributed by atoms with Crippen molar-refractivity contribution < 1.29 is 128 Å². The van der Waals surface area contributed by atoms with E-state index < -0.39 is 191 Å². The van der Waals surface area contributed by atoms with E-state index in [9.17, 15) is 71.2 Å². The molecule has 0 aromatic carbocycles. The van der Waals surface area contributed by atoms with Crippen LogP contribution in [0.3, 0.4) is 0 Å². The largest absolute Gasteiger partial charge is 0.394 e. The highest BCUT2D eigenvalue weighted by molar-refractivity contribution is 5.59. The van der Waals surface area contributed by atoms with E-state index in [1.807, 2.05) is 0 Å². The van der Waals surface area contributed by atoms with Gasteiger partial charge in [-0.1, -0.05) is 0 Å². The van der Waals surface area contributed by atoms with Crippen LogP contribution in [-0.4, -0.2) is 272 Å². The molecule has 372 valence electrons. The molecule has 13 N–H and O–H groups in total. The second-order valence-electron chi connectivity index (χ2n) is 17.2. The topological polar surface area (TPSA) is 391 Å². The van der Waals surface area contributed by atoms with Crippen molar-refractivity contribution in [1.82, 2.24) is 0 Å². The summed E-state index contributed by atoms with van der Waals surface area (Å²) in [5.41, 5.74) is 0. The Bertz CT molecular complexity index is 1460. The number of methoxy groups -OCH3 is 1. The highest BCUT2D eigenvalue weighted by atomic mass is 16.8. The number of aliphatic hydroxyl groups is 13. The van der Waals surface area contributed by atoms with E-state index in [0.717, 1.165) is 0 Å². The first-order chi connectivity index (χ1) is 30.3. The number of hydrogen-bond acceptors (Lipinski definition) is 26. The maximum absolute atomic E-state index is 11.6. The van der Waals surface area contributed by atoms with Crippen LogP contribution in [-0.2, 0) is 61.6 Å². The fourth-order valence-corrected chi connectivity index (χ4v) is 8.74. The number of aldehydes is 1. The second kappa shape index (κ2) is 22.0. The van der Waals surface area contributed by atoms with Gasteiger partial charge in [-0.2, -0.15) is 0 Å². The lowest BCUT2D eigenvalue weighted by Crippen LogP contribution is -2.67. The van der Waals surface area contributed by atoms with Gasteiger partial charge in [0.15, 0.2) is 31.4 Å². The third-order valence-electron chi connectivity index (χ3n) is 12.4. The van der Waals surface area contributed by atoms with Gasteiger partial charge in [0.05, 0.1) is 57.5 Å². The van der Waals surface area contributed by atoms with Gasteiger partial charge in [-0.3, -0.25) is 4.79 Å². The van der Waals surface area contributed by atoms with Crippen molar-refractivity contribution in [3.63, 3.8) is 0 Å². The molecule has 0 amide bonds. The van der Waals surface area contributed by atoms with E-state index in [1.165, 1.54) is 14.0 Å². The molecule has 0 saturated carbocycles. The monoisotopic (exact) mass is 936 g/mol. The summed E-state index contributed by atoms with van der Waals surface area (Å²) in [6.07, 6.45) is -38.4. The Morgan fingerprint density at radius 1 is 0.594 bits per heavy atom. The van der Waals surface area contributed by atoms with Crippen molar-refractivity contribution in [3.05, 3.63) is 0 Å². The van der Waals surface area contributed by atoms with Crippen molar-refractivity contribution >= 4 is 6.29 Å². The van der Waals surface area contributed by atoms with E-state index in [0.29, 0.717) is 6.29 Å². The third-order valence-corrected chi connectivity index (χ3v) is 12.4.